The van der Waals surface area contributed by atoms with Crippen molar-refractivity contribution in [3.8, 4) is 11.5 Å². The topological polar surface area (TPSA) is 47.6 Å². The fourth-order valence-corrected chi connectivity index (χ4v) is 4.16. The van der Waals surface area contributed by atoms with Gasteiger partial charge in [-0.25, -0.2) is 0 Å². The zero-order valence-electron chi connectivity index (χ0n) is 16.1. The van der Waals surface area contributed by atoms with Gasteiger partial charge in [0.05, 0.1) is 20.3 Å². The second-order valence-corrected chi connectivity index (χ2v) is 7.27. The molecule has 1 aromatic heterocycles. The number of aryl methyl sites for hydroxylation is 1. The number of amides is 1. The number of hydrogen-bond acceptors (Lipinski definition) is 4. The highest BCUT2D eigenvalue weighted by Gasteiger charge is 2.23. The summed E-state index contributed by atoms with van der Waals surface area (Å²) in [5, 5.41) is 5.32. The first-order chi connectivity index (χ1) is 12.6. The van der Waals surface area contributed by atoms with E-state index in [0.29, 0.717) is 30.3 Å². The smallest absolute Gasteiger partial charge is 0.220 e. The predicted octanol–water partition coefficient (Wildman–Crippen LogP) is 4.99. The van der Waals surface area contributed by atoms with Crippen molar-refractivity contribution < 1.29 is 14.3 Å². The summed E-state index contributed by atoms with van der Waals surface area (Å²) >= 11 is 1.71. The number of carbonyl (C=O) groups excluding carboxylic acids is 1. The third-order valence-electron chi connectivity index (χ3n) is 4.79. The molecule has 1 unspecified atom stereocenters. The maximum atomic E-state index is 12.6. The van der Waals surface area contributed by atoms with E-state index in [9.17, 15) is 4.79 Å². The van der Waals surface area contributed by atoms with Crippen LogP contribution < -0.4 is 14.8 Å². The number of nitrogens with one attached hydrogen (secondary N) is 1. The van der Waals surface area contributed by atoms with Gasteiger partial charge in [0.15, 0.2) is 11.5 Å². The monoisotopic (exact) mass is 375 g/mol. The molecule has 0 bridgehead atoms. The largest absolute Gasteiger partial charge is 0.493 e. The van der Waals surface area contributed by atoms with Crippen molar-refractivity contribution in [1.82, 2.24) is 5.32 Å². The summed E-state index contributed by atoms with van der Waals surface area (Å²) in [6, 6.07) is 10.0. The molecule has 1 amide bonds. The highest BCUT2D eigenvalue weighted by molar-refractivity contribution is 7.10. The van der Waals surface area contributed by atoms with Crippen molar-refractivity contribution in [2.45, 2.75) is 45.6 Å². The van der Waals surface area contributed by atoms with Crippen LogP contribution in [0, 0.1) is 5.92 Å². The fourth-order valence-electron chi connectivity index (χ4n) is 3.29. The van der Waals surface area contributed by atoms with Crippen LogP contribution in [0.4, 0.5) is 0 Å². The molecule has 0 aliphatic heterocycles. The normalized spacial score (nSPS) is 12.0. The Morgan fingerprint density at radius 1 is 1.12 bits per heavy atom. The van der Waals surface area contributed by atoms with E-state index in [1.807, 2.05) is 24.3 Å². The molecule has 2 aromatic rings. The third-order valence-corrected chi connectivity index (χ3v) is 5.75. The van der Waals surface area contributed by atoms with Crippen LogP contribution in [0.15, 0.2) is 35.7 Å². The molecule has 1 atom stereocenters. The summed E-state index contributed by atoms with van der Waals surface area (Å²) in [4.78, 5) is 13.9. The van der Waals surface area contributed by atoms with Crippen LogP contribution in [0.3, 0.4) is 0 Å². The van der Waals surface area contributed by atoms with E-state index in [2.05, 4.69) is 30.6 Å². The van der Waals surface area contributed by atoms with Crippen LogP contribution in [0.1, 0.15) is 49.6 Å². The van der Waals surface area contributed by atoms with Crippen LogP contribution in [0.25, 0.3) is 0 Å². The second kappa shape index (κ2) is 10.2. The Hall–Kier alpha value is -2.01. The van der Waals surface area contributed by atoms with Crippen LogP contribution >= 0.6 is 11.3 Å². The van der Waals surface area contributed by atoms with Gasteiger partial charge in [0.1, 0.15) is 0 Å². The number of rotatable bonds is 10. The maximum absolute atomic E-state index is 12.6. The van der Waals surface area contributed by atoms with Gasteiger partial charge in [-0.2, -0.15) is 0 Å². The molecule has 0 spiro atoms. The van der Waals surface area contributed by atoms with Gasteiger partial charge >= 0.3 is 0 Å². The van der Waals surface area contributed by atoms with Crippen molar-refractivity contribution >= 4 is 17.2 Å². The predicted molar refractivity (Wildman–Crippen MR) is 107 cm³/mol. The highest BCUT2D eigenvalue weighted by atomic mass is 32.1. The van der Waals surface area contributed by atoms with Crippen molar-refractivity contribution in [2.75, 3.05) is 14.2 Å². The number of para-hydroxylation sites is 1. The van der Waals surface area contributed by atoms with Crippen molar-refractivity contribution in [2.24, 2.45) is 5.92 Å². The number of methoxy groups -OCH3 is 2. The molecule has 0 saturated carbocycles. The Bertz CT molecular complexity index is 681. The number of hydrogen-bond donors (Lipinski definition) is 1. The van der Waals surface area contributed by atoms with Crippen LogP contribution in [0.2, 0.25) is 0 Å². The number of thiophene rings is 1. The van der Waals surface area contributed by atoms with E-state index in [0.717, 1.165) is 18.4 Å². The molecule has 0 radical (unpaired) electrons. The molecule has 0 fully saturated rings. The van der Waals surface area contributed by atoms with Gasteiger partial charge < -0.3 is 14.8 Å². The second-order valence-electron chi connectivity index (χ2n) is 6.29. The van der Waals surface area contributed by atoms with Gasteiger partial charge in [0.2, 0.25) is 5.91 Å². The van der Waals surface area contributed by atoms with Crippen molar-refractivity contribution in [1.29, 1.82) is 0 Å². The molecule has 2 rings (SSSR count). The molecule has 142 valence electrons. The lowest BCUT2D eigenvalue weighted by molar-refractivity contribution is -0.122. The standard InChI is InChI=1S/C21H29NO3S/c1-5-15(6-2)20(18-11-8-14-26-18)22-19(23)13-12-16-9-7-10-17(24-3)21(16)25-4/h7-11,14-15,20H,5-6,12-13H2,1-4H3,(H,22,23). The van der Waals surface area contributed by atoms with E-state index in [-0.39, 0.29) is 11.9 Å². The van der Waals surface area contributed by atoms with E-state index < -0.39 is 0 Å². The Balaban J connectivity index is 2.05. The summed E-state index contributed by atoms with van der Waals surface area (Å²) < 4.78 is 10.8. The van der Waals surface area contributed by atoms with E-state index in [4.69, 9.17) is 9.47 Å². The minimum Gasteiger partial charge on any atom is -0.493 e. The molecule has 26 heavy (non-hydrogen) atoms. The van der Waals surface area contributed by atoms with Gasteiger partial charge in [-0.3, -0.25) is 4.79 Å². The lowest BCUT2D eigenvalue weighted by Gasteiger charge is -2.25. The summed E-state index contributed by atoms with van der Waals surface area (Å²) in [6.45, 7) is 4.37. The molecule has 0 aliphatic rings. The molecule has 4 nitrogen and oxygen atoms in total. The third kappa shape index (κ3) is 5.01. The van der Waals surface area contributed by atoms with Gasteiger partial charge in [0.25, 0.3) is 0 Å². The Morgan fingerprint density at radius 2 is 1.88 bits per heavy atom. The summed E-state index contributed by atoms with van der Waals surface area (Å²) in [6.07, 6.45) is 3.13. The SMILES string of the molecule is CCC(CC)C(NC(=O)CCc1cccc(OC)c1OC)c1cccs1. The van der Waals surface area contributed by atoms with Crippen molar-refractivity contribution in [3.05, 3.63) is 46.2 Å². The average Bonchev–Trinajstić information content (AvgIpc) is 3.20. The molecule has 0 saturated heterocycles. The molecule has 0 aliphatic carbocycles. The Morgan fingerprint density at radius 3 is 2.46 bits per heavy atom. The summed E-state index contributed by atoms with van der Waals surface area (Å²) in [5.74, 6) is 1.92. The molecular formula is C21H29NO3S. The Kier molecular flexibility index (Phi) is 7.98. The van der Waals surface area contributed by atoms with Crippen LogP contribution in [-0.2, 0) is 11.2 Å². The zero-order chi connectivity index (χ0) is 18.9. The average molecular weight is 376 g/mol. The Labute approximate surface area is 160 Å². The molecule has 1 aromatic carbocycles. The van der Waals surface area contributed by atoms with Crippen LogP contribution in [-0.4, -0.2) is 20.1 Å². The lowest BCUT2D eigenvalue weighted by atomic mass is 9.92. The van der Waals surface area contributed by atoms with E-state index in [1.165, 1.54) is 4.88 Å². The number of ether oxygens (including phenoxy) is 2. The fraction of sp³-hybridized carbons (Fsp3) is 0.476. The summed E-state index contributed by atoms with van der Waals surface area (Å²) in [7, 11) is 3.25. The molecule has 1 N–H and O–H groups in total. The minimum atomic E-state index is 0.0696. The van der Waals surface area contributed by atoms with Gasteiger partial charge in [-0.05, 0) is 35.4 Å². The van der Waals surface area contributed by atoms with E-state index >= 15 is 0 Å². The van der Waals surface area contributed by atoms with Gasteiger partial charge in [-0.15, -0.1) is 11.3 Å². The van der Waals surface area contributed by atoms with Crippen molar-refractivity contribution in [3.63, 3.8) is 0 Å². The zero-order valence-corrected chi connectivity index (χ0v) is 16.9. The number of benzene rings is 1. The van der Waals surface area contributed by atoms with Gasteiger partial charge in [-0.1, -0.05) is 44.9 Å². The minimum absolute atomic E-state index is 0.0696. The first kappa shape index (κ1) is 20.3. The quantitative estimate of drug-likeness (QED) is 0.636. The number of carbonyl (C=O) groups is 1. The molecule has 5 heteroatoms. The molecule has 1 heterocycles. The van der Waals surface area contributed by atoms with Gasteiger partial charge in [0, 0.05) is 11.3 Å². The van der Waals surface area contributed by atoms with E-state index in [1.54, 1.807) is 25.6 Å². The first-order valence-corrected chi connectivity index (χ1v) is 10.0. The highest BCUT2D eigenvalue weighted by Crippen LogP contribution is 2.32. The molecular weight excluding hydrogens is 346 g/mol. The maximum Gasteiger partial charge on any atom is 0.220 e. The lowest BCUT2D eigenvalue weighted by Crippen LogP contribution is -2.33. The first-order valence-electron chi connectivity index (χ1n) is 9.17. The van der Waals surface area contributed by atoms with Crippen LogP contribution in [0.5, 0.6) is 11.5 Å². The summed E-state index contributed by atoms with van der Waals surface area (Å²) in [5.41, 5.74) is 0.984.